The summed E-state index contributed by atoms with van der Waals surface area (Å²) in [7, 11) is 0. The minimum atomic E-state index is 0.0759. The van der Waals surface area contributed by atoms with E-state index in [0.717, 1.165) is 12.8 Å². The van der Waals surface area contributed by atoms with Crippen molar-refractivity contribution in [3.63, 3.8) is 0 Å². The molecule has 23 heavy (non-hydrogen) atoms. The van der Waals surface area contributed by atoms with Crippen molar-refractivity contribution < 1.29 is 9.59 Å². The molecule has 2 saturated carbocycles. The summed E-state index contributed by atoms with van der Waals surface area (Å²) >= 11 is 0. The van der Waals surface area contributed by atoms with Crippen LogP contribution in [-0.4, -0.2) is 11.6 Å². The van der Waals surface area contributed by atoms with E-state index in [-0.39, 0.29) is 22.5 Å². The van der Waals surface area contributed by atoms with Crippen LogP contribution in [0.5, 0.6) is 0 Å². The van der Waals surface area contributed by atoms with Gasteiger partial charge in [0.15, 0.2) is 5.78 Å². The number of allylic oxidation sites excluding steroid dienone is 4. The molecule has 0 N–H and O–H groups in total. The van der Waals surface area contributed by atoms with E-state index in [1.807, 2.05) is 6.08 Å². The summed E-state index contributed by atoms with van der Waals surface area (Å²) in [4.78, 5) is 23.9. The molecule has 4 aliphatic carbocycles. The first-order valence-corrected chi connectivity index (χ1v) is 9.28. The first-order chi connectivity index (χ1) is 10.9. The van der Waals surface area contributed by atoms with Gasteiger partial charge < -0.3 is 0 Å². The van der Waals surface area contributed by atoms with Crippen LogP contribution in [-0.2, 0) is 9.59 Å². The number of fused-ring (bicyclic) bond motifs is 5. The molecular weight excluding hydrogens is 284 g/mol. The van der Waals surface area contributed by atoms with E-state index in [1.165, 1.54) is 24.8 Å². The Hall–Kier alpha value is -1.18. The number of carbonyl (C=O) groups excluding carboxylic acids is 2. The van der Waals surface area contributed by atoms with Crippen LogP contribution in [0.15, 0.2) is 23.8 Å². The molecule has 0 aromatic heterocycles. The fourth-order valence-electron chi connectivity index (χ4n) is 6.77. The lowest BCUT2D eigenvalue weighted by Crippen LogP contribution is -2.49. The van der Waals surface area contributed by atoms with E-state index in [0.29, 0.717) is 30.0 Å². The maximum Gasteiger partial charge on any atom is 0.159 e. The van der Waals surface area contributed by atoms with Gasteiger partial charge in [0.25, 0.3) is 0 Å². The maximum atomic E-state index is 12.1. The van der Waals surface area contributed by atoms with Gasteiger partial charge in [-0.15, -0.1) is 0 Å². The molecule has 0 aliphatic heterocycles. The minimum absolute atomic E-state index is 0.0759. The van der Waals surface area contributed by atoms with Gasteiger partial charge >= 0.3 is 0 Å². The number of ketones is 2. The van der Waals surface area contributed by atoms with E-state index in [1.54, 1.807) is 6.92 Å². The zero-order valence-electron chi connectivity index (χ0n) is 14.6. The van der Waals surface area contributed by atoms with Crippen molar-refractivity contribution in [2.24, 2.45) is 34.5 Å². The SMILES string of the molecule is CC(=O)[C@H]1CC[C@H]2[C@@H]3CC=C4CC(=O)C=C[C@]4(C)[C@H]3CC[C@]12C. The molecule has 6 atom stereocenters. The molecule has 0 amide bonds. The lowest BCUT2D eigenvalue weighted by molar-refractivity contribution is -0.127. The van der Waals surface area contributed by atoms with Crippen LogP contribution >= 0.6 is 0 Å². The predicted molar refractivity (Wildman–Crippen MR) is 90.8 cm³/mol. The fourth-order valence-corrected chi connectivity index (χ4v) is 6.77. The molecule has 4 aliphatic rings. The molecular formula is C21H28O2. The first-order valence-electron chi connectivity index (χ1n) is 9.28. The van der Waals surface area contributed by atoms with Crippen LogP contribution in [0, 0.1) is 34.5 Å². The third kappa shape index (κ3) is 1.99. The van der Waals surface area contributed by atoms with Crippen LogP contribution in [0.3, 0.4) is 0 Å². The van der Waals surface area contributed by atoms with Gasteiger partial charge in [0.2, 0.25) is 0 Å². The van der Waals surface area contributed by atoms with E-state index >= 15 is 0 Å². The van der Waals surface area contributed by atoms with Gasteiger partial charge in [-0.1, -0.05) is 31.6 Å². The molecule has 0 saturated heterocycles. The quantitative estimate of drug-likeness (QED) is 0.668. The molecule has 0 aromatic carbocycles. The Kier molecular flexibility index (Phi) is 3.28. The van der Waals surface area contributed by atoms with Gasteiger partial charge in [0.05, 0.1) is 0 Å². The Balaban J connectivity index is 1.70. The third-order valence-electron chi connectivity index (χ3n) is 8.01. The van der Waals surface area contributed by atoms with Crippen molar-refractivity contribution >= 4 is 11.6 Å². The normalized spacial score (nSPS) is 48.3. The zero-order valence-corrected chi connectivity index (χ0v) is 14.6. The van der Waals surface area contributed by atoms with Crippen molar-refractivity contribution in [1.82, 2.24) is 0 Å². The lowest BCUT2D eigenvalue weighted by Gasteiger charge is -2.56. The third-order valence-corrected chi connectivity index (χ3v) is 8.01. The molecule has 4 rings (SSSR count). The number of rotatable bonds is 1. The predicted octanol–water partition coefficient (Wildman–Crippen LogP) is 4.50. The Labute approximate surface area is 139 Å². The second-order valence-electron chi connectivity index (χ2n) is 8.89. The highest BCUT2D eigenvalue weighted by Crippen LogP contribution is 2.65. The molecule has 0 unspecified atom stereocenters. The van der Waals surface area contributed by atoms with Gasteiger partial charge in [-0.05, 0) is 68.3 Å². The summed E-state index contributed by atoms with van der Waals surface area (Å²) in [6.45, 7) is 6.52. The van der Waals surface area contributed by atoms with Gasteiger partial charge in [-0.3, -0.25) is 9.59 Å². The summed E-state index contributed by atoms with van der Waals surface area (Å²) in [6.07, 6.45) is 12.8. The molecule has 124 valence electrons. The number of hydrogen-bond donors (Lipinski definition) is 0. The van der Waals surface area contributed by atoms with Crippen LogP contribution in [0.2, 0.25) is 0 Å². The topological polar surface area (TPSA) is 34.1 Å². The smallest absolute Gasteiger partial charge is 0.159 e. The van der Waals surface area contributed by atoms with Crippen molar-refractivity contribution in [1.29, 1.82) is 0 Å². The van der Waals surface area contributed by atoms with Gasteiger partial charge in [0.1, 0.15) is 5.78 Å². The number of carbonyl (C=O) groups is 2. The first kappa shape index (κ1) is 15.4. The highest BCUT2D eigenvalue weighted by atomic mass is 16.1. The summed E-state index contributed by atoms with van der Waals surface area (Å²) in [6, 6.07) is 0. The highest BCUT2D eigenvalue weighted by Gasteiger charge is 2.58. The largest absolute Gasteiger partial charge is 0.300 e. The van der Waals surface area contributed by atoms with Crippen molar-refractivity contribution in [2.45, 2.75) is 59.3 Å². The van der Waals surface area contributed by atoms with Crippen LogP contribution in [0.25, 0.3) is 0 Å². The second kappa shape index (κ2) is 4.91. The molecule has 0 aromatic rings. The van der Waals surface area contributed by atoms with Crippen LogP contribution in [0.4, 0.5) is 0 Å². The van der Waals surface area contributed by atoms with Crippen LogP contribution < -0.4 is 0 Å². The molecule has 2 heteroatoms. The van der Waals surface area contributed by atoms with Gasteiger partial charge in [-0.25, -0.2) is 0 Å². The van der Waals surface area contributed by atoms with E-state index in [4.69, 9.17) is 0 Å². The Morgan fingerprint density at radius 1 is 1.17 bits per heavy atom. The average Bonchev–Trinajstić information content (AvgIpc) is 2.85. The minimum Gasteiger partial charge on any atom is -0.300 e. The molecule has 0 spiro atoms. The highest BCUT2D eigenvalue weighted by molar-refractivity contribution is 5.93. The zero-order chi connectivity index (χ0) is 16.4. The van der Waals surface area contributed by atoms with Gasteiger partial charge in [0, 0.05) is 17.8 Å². The summed E-state index contributed by atoms with van der Waals surface area (Å²) in [5.41, 5.74) is 1.64. The van der Waals surface area contributed by atoms with Crippen LogP contribution in [0.1, 0.15) is 59.3 Å². The number of Topliss-reactive ketones (excluding diaryl/α,β-unsaturated/α-hetero) is 1. The Morgan fingerprint density at radius 3 is 2.70 bits per heavy atom. The lowest BCUT2D eigenvalue weighted by atomic mass is 9.48. The molecule has 2 nitrogen and oxygen atoms in total. The van der Waals surface area contributed by atoms with Crippen molar-refractivity contribution in [3.05, 3.63) is 23.8 Å². The van der Waals surface area contributed by atoms with Crippen molar-refractivity contribution in [3.8, 4) is 0 Å². The molecule has 2 fully saturated rings. The van der Waals surface area contributed by atoms with E-state index in [9.17, 15) is 9.59 Å². The standard InChI is InChI=1S/C21H28O2/c1-13(22)17-6-7-18-16-5-4-14-12-15(23)8-10-20(14,2)19(16)9-11-21(17,18)3/h4,8,10,16-19H,5-7,9,11-12H2,1-3H3/t16-,17+,18-,19-,20-,21+/m0/s1. The maximum absolute atomic E-state index is 12.1. The molecule has 0 bridgehead atoms. The molecule has 0 radical (unpaired) electrons. The second-order valence-corrected chi connectivity index (χ2v) is 8.89. The van der Waals surface area contributed by atoms with E-state index in [2.05, 4.69) is 26.0 Å². The number of hydrogen-bond acceptors (Lipinski definition) is 2. The summed E-state index contributed by atoms with van der Waals surface area (Å²) < 4.78 is 0. The Morgan fingerprint density at radius 2 is 1.96 bits per heavy atom. The monoisotopic (exact) mass is 312 g/mol. The average molecular weight is 312 g/mol. The summed E-state index contributed by atoms with van der Waals surface area (Å²) in [5, 5.41) is 0. The summed E-state index contributed by atoms with van der Waals surface area (Å²) in [5.74, 6) is 2.94. The van der Waals surface area contributed by atoms with Crippen molar-refractivity contribution in [2.75, 3.05) is 0 Å². The Bertz CT molecular complexity index is 628. The fraction of sp³-hybridized carbons (Fsp3) is 0.714. The molecule has 0 heterocycles. The van der Waals surface area contributed by atoms with Gasteiger partial charge in [-0.2, -0.15) is 0 Å². The van der Waals surface area contributed by atoms with E-state index < -0.39 is 0 Å².